The fourth-order valence-electron chi connectivity index (χ4n) is 3.42. The van der Waals surface area contributed by atoms with Gasteiger partial charge in [0.15, 0.2) is 4.77 Å². The second-order valence-electron chi connectivity index (χ2n) is 7.04. The second-order valence-corrected chi connectivity index (χ2v) is 7.43. The van der Waals surface area contributed by atoms with Gasteiger partial charge in [0, 0.05) is 30.9 Å². The monoisotopic (exact) mass is 389 g/mol. The van der Waals surface area contributed by atoms with Crippen LogP contribution in [0.4, 0.5) is 11.4 Å². The highest BCUT2D eigenvalue weighted by atomic mass is 32.1. The van der Waals surface area contributed by atoms with Crippen LogP contribution < -0.4 is 10.2 Å². The fourth-order valence-corrected chi connectivity index (χ4v) is 3.63. The van der Waals surface area contributed by atoms with Crippen LogP contribution in [0.3, 0.4) is 0 Å². The number of H-pyrrole nitrogens is 1. The lowest BCUT2D eigenvalue weighted by molar-refractivity contribution is -0.116. The number of aromatic amines is 1. The number of rotatable bonds is 6. The van der Waals surface area contributed by atoms with Crippen LogP contribution in [0.5, 0.6) is 0 Å². The summed E-state index contributed by atoms with van der Waals surface area (Å²) in [4.78, 5) is 14.7. The molecule has 1 aromatic heterocycles. The molecule has 146 valence electrons. The van der Waals surface area contributed by atoms with Crippen molar-refractivity contribution in [2.45, 2.75) is 52.4 Å². The molecule has 2 heterocycles. The minimum Gasteiger partial charge on any atom is -0.372 e. The Balaban J connectivity index is 1.62. The third-order valence-electron chi connectivity index (χ3n) is 4.55. The van der Waals surface area contributed by atoms with E-state index in [1.54, 1.807) is 4.57 Å². The number of benzene rings is 1. The topological polar surface area (TPSA) is 75.2 Å². The maximum Gasteiger partial charge on any atom is 0.244 e. The third kappa shape index (κ3) is 4.95. The molecule has 8 heteroatoms. The Hall–Kier alpha value is -2.19. The van der Waals surface area contributed by atoms with Gasteiger partial charge < -0.3 is 15.0 Å². The number of anilines is 2. The SMILES string of the molecule is CCCc1n[nH]c(=S)n1CC(=O)Nc1ccc(N2CC(C)OC(C)C2)cc1. The summed E-state index contributed by atoms with van der Waals surface area (Å²) in [7, 11) is 0. The van der Waals surface area contributed by atoms with Gasteiger partial charge in [-0.05, 0) is 56.8 Å². The van der Waals surface area contributed by atoms with Gasteiger partial charge in [-0.3, -0.25) is 14.5 Å². The van der Waals surface area contributed by atoms with Gasteiger partial charge in [0.05, 0.1) is 12.2 Å². The van der Waals surface area contributed by atoms with Crippen molar-refractivity contribution >= 4 is 29.5 Å². The number of nitrogens with zero attached hydrogens (tertiary/aromatic N) is 3. The first-order valence-electron chi connectivity index (χ1n) is 9.40. The van der Waals surface area contributed by atoms with E-state index in [2.05, 4.69) is 41.2 Å². The van der Waals surface area contributed by atoms with Gasteiger partial charge in [0.25, 0.3) is 0 Å². The van der Waals surface area contributed by atoms with Crippen molar-refractivity contribution < 1.29 is 9.53 Å². The zero-order valence-electron chi connectivity index (χ0n) is 16.1. The lowest BCUT2D eigenvalue weighted by Crippen LogP contribution is -2.45. The Morgan fingerprint density at radius 1 is 1.30 bits per heavy atom. The second kappa shape index (κ2) is 8.67. The van der Waals surface area contributed by atoms with Crippen LogP contribution in [0.1, 0.15) is 33.0 Å². The van der Waals surface area contributed by atoms with Crippen molar-refractivity contribution in [3.05, 3.63) is 34.9 Å². The number of aromatic nitrogens is 3. The molecule has 0 aliphatic carbocycles. The molecule has 1 aliphatic rings. The van der Waals surface area contributed by atoms with E-state index in [4.69, 9.17) is 17.0 Å². The lowest BCUT2D eigenvalue weighted by Gasteiger charge is -2.36. The molecule has 2 unspecified atom stereocenters. The Morgan fingerprint density at radius 3 is 2.59 bits per heavy atom. The van der Waals surface area contributed by atoms with E-state index >= 15 is 0 Å². The summed E-state index contributed by atoms with van der Waals surface area (Å²) in [6, 6.07) is 7.93. The number of hydrogen-bond acceptors (Lipinski definition) is 5. The van der Waals surface area contributed by atoms with Crippen molar-refractivity contribution in [3.63, 3.8) is 0 Å². The first-order chi connectivity index (χ1) is 13.0. The lowest BCUT2D eigenvalue weighted by atomic mass is 10.2. The largest absolute Gasteiger partial charge is 0.372 e. The Morgan fingerprint density at radius 2 is 1.96 bits per heavy atom. The molecule has 7 nitrogen and oxygen atoms in total. The first kappa shape index (κ1) is 19.6. The number of carbonyl (C=O) groups is 1. The quantitative estimate of drug-likeness (QED) is 0.743. The third-order valence-corrected chi connectivity index (χ3v) is 4.86. The Labute approximate surface area is 164 Å². The maximum absolute atomic E-state index is 12.4. The van der Waals surface area contributed by atoms with Gasteiger partial charge in [-0.2, -0.15) is 5.10 Å². The molecule has 27 heavy (non-hydrogen) atoms. The summed E-state index contributed by atoms with van der Waals surface area (Å²) >= 11 is 5.23. The molecule has 0 radical (unpaired) electrons. The molecular weight excluding hydrogens is 362 g/mol. The van der Waals surface area contributed by atoms with Gasteiger partial charge in [-0.25, -0.2) is 0 Å². The molecule has 1 aliphatic heterocycles. The Kier molecular flexibility index (Phi) is 6.28. The van der Waals surface area contributed by atoms with E-state index < -0.39 is 0 Å². The van der Waals surface area contributed by atoms with Gasteiger partial charge in [-0.15, -0.1) is 0 Å². The molecule has 2 atom stereocenters. The normalized spacial score (nSPS) is 19.9. The first-order valence-corrected chi connectivity index (χ1v) is 9.81. The van der Waals surface area contributed by atoms with E-state index in [0.29, 0.717) is 4.77 Å². The van der Waals surface area contributed by atoms with Crippen LogP contribution in [-0.2, 0) is 22.5 Å². The van der Waals surface area contributed by atoms with Crippen LogP contribution in [0.15, 0.2) is 24.3 Å². The van der Waals surface area contributed by atoms with E-state index in [9.17, 15) is 4.79 Å². The molecule has 0 saturated carbocycles. The van der Waals surface area contributed by atoms with E-state index in [0.717, 1.165) is 43.1 Å². The predicted octanol–water partition coefficient (Wildman–Crippen LogP) is 3.15. The van der Waals surface area contributed by atoms with Gasteiger partial charge in [-0.1, -0.05) is 6.92 Å². The average Bonchev–Trinajstić information content (AvgIpc) is 2.95. The summed E-state index contributed by atoms with van der Waals surface area (Å²) < 4.78 is 8.00. The fraction of sp³-hybridized carbons (Fsp3) is 0.526. The molecule has 0 bridgehead atoms. The number of nitrogens with one attached hydrogen (secondary N) is 2. The average molecular weight is 390 g/mol. The van der Waals surface area contributed by atoms with Crippen molar-refractivity contribution in [3.8, 4) is 0 Å². The smallest absolute Gasteiger partial charge is 0.244 e. The Bertz CT molecular complexity index is 819. The van der Waals surface area contributed by atoms with Crippen LogP contribution >= 0.6 is 12.2 Å². The van der Waals surface area contributed by atoms with Crippen LogP contribution in [-0.4, -0.2) is 46.0 Å². The number of ether oxygens (including phenoxy) is 1. The zero-order chi connectivity index (χ0) is 19.4. The highest BCUT2D eigenvalue weighted by Crippen LogP contribution is 2.22. The minimum absolute atomic E-state index is 0.119. The highest BCUT2D eigenvalue weighted by molar-refractivity contribution is 7.71. The molecule has 1 saturated heterocycles. The van der Waals surface area contributed by atoms with E-state index in [-0.39, 0.29) is 24.7 Å². The molecule has 0 spiro atoms. The van der Waals surface area contributed by atoms with Crippen LogP contribution in [0.25, 0.3) is 0 Å². The summed E-state index contributed by atoms with van der Waals surface area (Å²) in [6.45, 7) is 8.14. The number of amides is 1. The van der Waals surface area contributed by atoms with Crippen molar-refractivity contribution in [2.75, 3.05) is 23.3 Å². The van der Waals surface area contributed by atoms with Crippen LogP contribution in [0, 0.1) is 4.77 Å². The highest BCUT2D eigenvalue weighted by Gasteiger charge is 2.22. The molecular formula is C19H27N5O2S. The number of carbonyl (C=O) groups excluding carboxylic acids is 1. The van der Waals surface area contributed by atoms with Gasteiger partial charge in [0.2, 0.25) is 5.91 Å². The number of morpholine rings is 1. The molecule has 1 aromatic carbocycles. The zero-order valence-corrected chi connectivity index (χ0v) is 16.9. The summed E-state index contributed by atoms with van der Waals surface area (Å²) in [5, 5.41) is 9.89. The van der Waals surface area contributed by atoms with Crippen molar-refractivity contribution in [1.29, 1.82) is 0 Å². The minimum atomic E-state index is -0.119. The van der Waals surface area contributed by atoms with Crippen molar-refractivity contribution in [1.82, 2.24) is 14.8 Å². The number of hydrogen-bond donors (Lipinski definition) is 2. The molecule has 2 N–H and O–H groups in total. The predicted molar refractivity (Wildman–Crippen MR) is 109 cm³/mol. The van der Waals surface area contributed by atoms with E-state index in [1.807, 2.05) is 24.3 Å². The van der Waals surface area contributed by atoms with Crippen LogP contribution in [0.2, 0.25) is 0 Å². The molecule has 2 aromatic rings. The number of aryl methyl sites for hydroxylation is 1. The summed E-state index contributed by atoms with van der Waals surface area (Å²) in [5.74, 6) is 0.690. The summed E-state index contributed by atoms with van der Waals surface area (Å²) in [6.07, 6.45) is 2.16. The van der Waals surface area contributed by atoms with Gasteiger partial charge >= 0.3 is 0 Å². The molecule has 3 rings (SSSR count). The standard InChI is InChI=1S/C19H27N5O2S/c1-4-5-17-21-22-19(27)24(17)12-18(25)20-15-6-8-16(9-7-15)23-10-13(2)26-14(3)11-23/h6-9,13-14H,4-5,10-12H2,1-3H3,(H,20,25)(H,22,27). The molecule has 1 amide bonds. The van der Waals surface area contributed by atoms with Gasteiger partial charge in [0.1, 0.15) is 12.4 Å². The van der Waals surface area contributed by atoms with Crippen molar-refractivity contribution in [2.24, 2.45) is 0 Å². The van der Waals surface area contributed by atoms with E-state index in [1.165, 1.54) is 0 Å². The molecule has 1 fully saturated rings. The summed E-state index contributed by atoms with van der Waals surface area (Å²) in [5.41, 5.74) is 1.91. The maximum atomic E-state index is 12.4.